The maximum atomic E-state index is 12.6. The lowest BCUT2D eigenvalue weighted by Crippen LogP contribution is -2.46. The summed E-state index contributed by atoms with van der Waals surface area (Å²) in [4.78, 5) is 14.8. The molecule has 0 saturated carbocycles. The fourth-order valence-electron chi connectivity index (χ4n) is 2.56. The van der Waals surface area contributed by atoms with Crippen LogP contribution in [0.4, 0.5) is 13.2 Å². The van der Waals surface area contributed by atoms with Gasteiger partial charge in [-0.3, -0.25) is 9.78 Å². The van der Waals surface area contributed by atoms with E-state index in [2.05, 4.69) is 10.3 Å². The molecule has 1 fully saturated rings. The number of carbonyl (C=O) groups is 1. The van der Waals surface area contributed by atoms with Crippen molar-refractivity contribution in [3.05, 3.63) is 24.0 Å². The number of carbonyl (C=O) groups excluding carboxylic acids is 1. The minimum Gasteiger partial charge on any atom is -0.355 e. The smallest absolute Gasteiger partial charge is 0.355 e. The molecule has 1 unspecified atom stereocenters. The highest BCUT2D eigenvalue weighted by Gasteiger charge is 2.35. The topological polar surface area (TPSA) is 105 Å². The van der Waals surface area contributed by atoms with Gasteiger partial charge in [0.25, 0.3) is 0 Å². The number of nitrogens with one attached hydrogen (secondary N) is 1. The normalized spacial score (nSPS) is 19.6. The Hall–Kier alpha value is -1.72. The Morgan fingerprint density at radius 2 is 2.12 bits per heavy atom. The van der Waals surface area contributed by atoms with E-state index in [4.69, 9.17) is 5.73 Å². The first-order valence-electron chi connectivity index (χ1n) is 7.67. The van der Waals surface area contributed by atoms with Gasteiger partial charge in [-0.1, -0.05) is 0 Å². The average Bonchev–Trinajstić information content (AvgIpc) is 2.59. The lowest BCUT2D eigenvalue weighted by atomic mass is 9.99. The average molecular weight is 380 g/mol. The van der Waals surface area contributed by atoms with E-state index in [1.165, 1.54) is 0 Å². The number of amides is 1. The van der Waals surface area contributed by atoms with Gasteiger partial charge in [-0.15, -0.1) is 0 Å². The molecule has 1 aromatic rings. The molecular formula is C14H19F3N4O3S. The largest absolute Gasteiger partial charge is 0.433 e. The molecule has 2 heterocycles. The van der Waals surface area contributed by atoms with Crippen LogP contribution in [0, 0.1) is 5.92 Å². The van der Waals surface area contributed by atoms with Crippen LogP contribution in [0.25, 0.3) is 0 Å². The van der Waals surface area contributed by atoms with Crippen LogP contribution in [-0.2, 0) is 21.0 Å². The number of nitrogens with two attached hydrogens (primary N) is 1. The van der Waals surface area contributed by atoms with Crippen LogP contribution in [0.1, 0.15) is 18.5 Å². The van der Waals surface area contributed by atoms with Gasteiger partial charge in [0.2, 0.25) is 15.9 Å². The van der Waals surface area contributed by atoms with Crippen molar-refractivity contribution >= 4 is 15.9 Å². The molecule has 140 valence electrons. The first-order chi connectivity index (χ1) is 11.7. The van der Waals surface area contributed by atoms with Crippen LogP contribution in [0.5, 0.6) is 0 Å². The Kier molecular flexibility index (Phi) is 6.01. The Morgan fingerprint density at radius 1 is 1.40 bits per heavy atom. The van der Waals surface area contributed by atoms with Crippen molar-refractivity contribution in [3.8, 4) is 0 Å². The quantitative estimate of drug-likeness (QED) is 0.777. The summed E-state index contributed by atoms with van der Waals surface area (Å²) in [6.45, 7) is 0.742. The summed E-state index contributed by atoms with van der Waals surface area (Å²) in [6, 6.07) is 1.51. The second-order valence-electron chi connectivity index (χ2n) is 5.66. The van der Waals surface area contributed by atoms with Crippen molar-refractivity contribution in [2.45, 2.75) is 23.9 Å². The van der Waals surface area contributed by atoms with Crippen molar-refractivity contribution < 1.29 is 26.4 Å². The Labute approximate surface area is 143 Å². The van der Waals surface area contributed by atoms with E-state index < -0.39 is 27.8 Å². The number of alkyl halides is 3. The zero-order valence-electron chi connectivity index (χ0n) is 13.3. The van der Waals surface area contributed by atoms with Crippen molar-refractivity contribution in [1.29, 1.82) is 0 Å². The highest BCUT2D eigenvalue weighted by atomic mass is 32.2. The van der Waals surface area contributed by atoms with Crippen molar-refractivity contribution in [3.63, 3.8) is 0 Å². The third-order valence-electron chi connectivity index (χ3n) is 3.86. The molecule has 0 aliphatic carbocycles. The number of halogens is 3. The molecule has 0 spiro atoms. The van der Waals surface area contributed by atoms with E-state index in [0.717, 1.165) is 10.4 Å². The molecule has 0 radical (unpaired) electrons. The first-order valence-corrected chi connectivity index (χ1v) is 9.11. The van der Waals surface area contributed by atoms with Gasteiger partial charge >= 0.3 is 6.18 Å². The summed E-state index contributed by atoms with van der Waals surface area (Å²) in [7, 11) is -4.01. The molecule has 2 rings (SSSR count). The van der Waals surface area contributed by atoms with Crippen molar-refractivity contribution in [2.24, 2.45) is 11.7 Å². The summed E-state index contributed by atoms with van der Waals surface area (Å²) in [5.41, 5.74) is 4.15. The number of aromatic nitrogens is 1. The second-order valence-corrected chi connectivity index (χ2v) is 7.60. The number of piperidine rings is 1. The number of pyridine rings is 1. The molecule has 1 atom stereocenters. The number of nitrogens with zero attached hydrogens (tertiary/aromatic N) is 2. The van der Waals surface area contributed by atoms with Crippen molar-refractivity contribution in [2.75, 3.05) is 26.2 Å². The van der Waals surface area contributed by atoms with Gasteiger partial charge in [0, 0.05) is 32.4 Å². The molecule has 1 aliphatic heterocycles. The van der Waals surface area contributed by atoms with E-state index in [-0.39, 0.29) is 30.4 Å². The number of sulfonamides is 1. The van der Waals surface area contributed by atoms with Gasteiger partial charge in [-0.2, -0.15) is 17.5 Å². The van der Waals surface area contributed by atoms with Crippen molar-refractivity contribution in [1.82, 2.24) is 14.6 Å². The lowest BCUT2D eigenvalue weighted by molar-refractivity contribution is -0.141. The van der Waals surface area contributed by atoms with Crippen LogP contribution < -0.4 is 11.1 Å². The van der Waals surface area contributed by atoms with Gasteiger partial charge < -0.3 is 11.1 Å². The lowest BCUT2D eigenvalue weighted by Gasteiger charge is -2.31. The molecule has 1 amide bonds. The van der Waals surface area contributed by atoms with Crippen LogP contribution in [-0.4, -0.2) is 49.8 Å². The summed E-state index contributed by atoms with van der Waals surface area (Å²) in [6.07, 6.45) is -2.93. The van der Waals surface area contributed by atoms with E-state index in [0.29, 0.717) is 31.6 Å². The molecule has 0 bridgehead atoms. The SMILES string of the molecule is NCCNC(=O)C1CCCN(S(=O)(=O)c2ccc(C(F)(F)F)nc2)C1. The molecule has 0 aromatic carbocycles. The fourth-order valence-corrected chi connectivity index (χ4v) is 4.03. The molecule has 7 nitrogen and oxygen atoms in total. The second kappa shape index (κ2) is 7.67. The minimum absolute atomic E-state index is 0.0280. The van der Waals surface area contributed by atoms with Crippen LogP contribution >= 0.6 is 0 Å². The molecule has 3 N–H and O–H groups in total. The number of hydrogen-bond acceptors (Lipinski definition) is 5. The van der Waals surface area contributed by atoms with Gasteiger partial charge in [-0.05, 0) is 25.0 Å². The molecule has 1 aliphatic rings. The van der Waals surface area contributed by atoms with Gasteiger partial charge in [0.05, 0.1) is 5.92 Å². The minimum atomic E-state index is -4.64. The van der Waals surface area contributed by atoms with E-state index in [1.807, 2.05) is 0 Å². The zero-order valence-corrected chi connectivity index (χ0v) is 14.1. The Morgan fingerprint density at radius 3 is 2.68 bits per heavy atom. The predicted octanol–water partition coefficient (Wildman–Crippen LogP) is 0.576. The third-order valence-corrected chi connectivity index (χ3v) is 5.71. The van der Waals surface area contributed by atoms with Crippen LogP contribution in [0.3, 0.4) is 0 Å². The summed E-state index contributed by atoms with van der Waals surface area (Å²) in [5.74, 6) is -0.798. The molecule has 11 heteroatoms. The van der Waals surface area contributed by atoms with Crippen LogP contribution in [0.15, 0.2) is 23.2 Å². The molecule has 25 heavy (non-hydrogen) atoms. The maximum Gasteiger partial charge on any atom is 0.433 e. The van der Waals surface area contributed by atoms with E-state index in [9.17, 15) is 26.4 Å². The van der Waals surface area contributed by atoms with E-state index >= 15 is 0 Å². The Bertz CT molecular complexity index is 707. The number of rotatable bonds is 5. The molecule has 1 saturated heterocycles. The zero-order chi connectivity index (χ0) is 18.7. The first kappa shape index (κ1) is 19.6. The maximum absolute atomic E-state index is 12.6. The monoisotopic (exact) mass is 380 g/mol. The summed E-state index contributed by atoms with van der Waals surface area (Å²) >= 11 is 0. The Balaban J connectivity index is 2.14. The predicted molar refractivity (Wildman–Crippen MR) is 82.8 cm³/mol. The van der Waals surface area contributed by atoms with Gasteiger partial charge in [0.1, 0.15) is 10.6 Å². The highest BCUT2D eigenvalue weighted by Crippen LogP contribution is 2.29. The van der Waals surface area contributed by atoms with Crippen LogP contribution in [0.2, 0.25) is 0 Å². The standard InChI is InChI=1S/C14H19F3N4O3S/c15-14(16,17)12-4-3-11(8-20-12)25(23,24)21-7-1-2-10(9-21)13(22)19-6-5-18/h3-4,8,10H,1-2,5-7,9,18H2,(H,19,22). The van der Waals surface area contributed by atoms with E-state index in [1.54, 1.807) is 0 Å². The molecule has 1 aromatic heterocycles. The highest BCUT2D eigenvalue weighted by molar-refractivity contribution is 7.89. The summed E-state index contributed by atoms with van der Waals surface area (Å²) < 4.78 is 63.9. The fraction of sp³-hybridized carbons (Fsp3) is 0.571. The number of hydrogen-bond donors (Lipinski definition) is 2. The van der Waals surface area contributed by atoms with Gasteiger partial charge in [-0.25, -0.2) is 8.42 Å². The summed E-state index contributed by atoms with van der Waals surface area (Å²) in [5, 5.41) is 2.62. The third kappa shape index (κ3) is 4.67. The molecular weight excluding hydrogens is 361 g/mol. The van der Waals surface area contributed by atoms with Gasteiger partial charge in [0.15, 0.2) is 0 Å².